The van der Waals surface area contributed by atoms with Gasteiger partial charge in [0.1, 0.15) is 5.56 Å². The van der Waals surface area contributed by atoms with Gasteiger partial charge in [-0.25, -0.2) is 4.79 Å². The number of carbonyl (C=O) groups is 2. The molecule has 2 heterocycles. The van der Waals surface area contributed by atoms with Crippen LogP contribution < -0.4 is 0 Å². The van der Waals surface area contributed by atoms with Crippen molar-refractivity contribution >= 4 is 17.6 Å². The molecule has 1 aliphatic rings. The summed E-state index contributed by atoms with van der Waals surface area (Å²) in [7, 11) is 0. The number of nitro groups is 1. The van der Waals surface area contributed by atoms with Crippen molar-refractivity contribution in [3.8, 4) is 0 Å². The molecule has 3 rings (SSSR count). The Morgan fingerprint density at radius 1 is 1.14 bits per heavy atom. The number of hydrogen-bond acceptors (Lipinski definition) is 5. The van der Waals surface area contributed by atoms with E-state index in [0.29, 0.717) is 48.3 Å². The zero-order valence-electron chi connectivity index (χ0n) is 16.0. The first kappa shape index (κ1) is 19.5. The zero-order chi connectivity index (χ0) is 20.6. The molecule has 1 aliphatic heterocycles. The molecule has 9 heteroatoms. The molecule has 1 amide bonds. The number of aromatic carboxylic acids is 1. The number of benzene rings is 1. The van der Waals surface area contributed by atoms with Gasteiger partial charge in [-0.15, -0.1) is 0 Å². The maximum absolute atomic E-state index is 12.9. The zero-order valence-corrected chi connectivity index (χ0v) is 16.0. The van der Waals surface area contributed by atoms with Gasteiger partial charge in [0.05, 0.1) is 22.9 Å². The van der Waals surface area contributed by atoms with Crippen molar-refractivity contribution in [1.82, 2.24) is 14.7 Å². The second-order valence-electron chi connectivity index (χ2n) is 7.13. The second-order valence-corrected chi connectivity index (χ2v) is 7.13. The first-order valence-electron chi connectivity index (χ1n) is 9.03. The van der Waals surface area contributed by atoms with Gasteiger partial charge in [-0.1, -0.05) is 0 Å². The molecule has 0 aliphatic carbocycles. The molecule has 1 aromatic heterocycles. The van der Waals surface area contributed by atoms with E-state index in [2.05, 4.69) is 5.10 Å². The second kappa shape index (κ2) is 7.41. The van der Waals surface area contributed by atoms with E-state index in [4.69, 9.17) is 0 Å². The van der Waals surface area contributed by atoms with Crippen molar-refractivity contribution < 1.29 is 19.6 Å². The smallest absolute Gasteiger partial charge is 0.339 e. The van der Waals surface area contributed by atoms with Crippen LogP contribution >= 0.6 is 0 Å². The molecule has 0 spiro atoms. The van der Waals surface area contributed by atoms with Crippen molar-refractivity contribution in [2.24, 2.45) is 0 Å². The van der Waals surface area contributed by atoms with Gasteiger partial charge in [0.25, 0.3) is 11.6 Å². The van der Waals surface area contributed by atoms with E-state index < -0.39 is 10.9 Å². The Morgan fingerprint density at radius 2 is 1.79 bits per heavy atom. The number of carbonyl (C=O) groups excluding carboxylic acids is 1. The summed E-state index contributed by atoms with van der Waals surface area (Å²) in [6, 6.07) is 3.04. The summed E-state index contributed by atoms with van der Waals surface area (Å²) in [5, 5.41) is 24.6. The molecule has 0 unspecified atom stereocenters. The van der Waals surface area contributed by atoms with Crippen LogP contribution in [0.4, 0.5) is 5.69 Å². The maximum Gasteiger partial charge on any atom is 0.339 e. The van der Waals surface area contributed by atoms with E-state index in [-0.39, 0.29) is 23.2 Å². The van der Waals surface area contributed by atoms with Crippen molar-refractivity contribution in [1.29, 1.82) is 0 Å². The maximum atomic E-state index is 12.9. The lowest BCUT2D eigenvalue weighted by Gasteiger charge is -2.33. The molecule has 1 N–H and O–H groups in total. The van der Waals surface area contributed by atoms with Gasteiger partial charge >= 0.3 is 5.97 Å². The summed E-state index contributed by atoms with van der Waals surface area (Å²) >= 11 is 0. The minimum Gasteiger partial charge on any atom is -0.478 e. The van der Waals surface area contributed by atoms with Crippen molar-refractivity contribution in [2.75, 3.05) is 13.1 Å². The largest absolute Gasteiger partial charge is 0.478 e. The standard InChI is InChI=1S/C19H22N4O5/c1-11-8-12(2)17(23(27)28)9-15(11)18(24)21-6-4-14(5-7-21)22-13(3)16(10-20-22)19(25)26/h8-10,14H,4-7H2,1-3H3,(H,25,26). The van der Waals surface area contributed by atoms with E-state index in [0.717, 1.165) is 0 Å². The number of amides is 1. The quantitative estimate of drug-likeness (QED) is 0.637. The topological polar surface area (TPSA) is 119 Å². The SMILES string of the molecule is Cc1cc(C)c([N+](=O)[O-])cc1C(=O)N1CCC(n2ncc(C(=O)O)c2C)CC1. The van der Waals surface area contributed by atoms with E-state index in [9.17, 15) is 24.8 Å². The van der Waals surface area contributed by atoms with E-state index in [1.165, 1.54) is 12.3 Å². The molecule has 0 saturated carbocycles. The minimum atomic E-state index is -1.01. The molecule has 148 valence electrons. The highest BCUT2D eigenvalue weighted by Gasteiger charge is 2.28. The monoisotopic (exact) mass is 386 g/mol. The first-order chi connectivity index (χ1) is 13.2. The van der Waals surface area contributed by atoms with E-state index in [1.807, 2.05) is 0 Å². The fraction of sp³-hybridized carbons (Fsp3) is 0.421. The lowest BCUT2D eigenvalue weighted by Crippen LogP contribution is -2.39. The van der Waals surface area contributed by atoms with Gasteiger partial charge < -0.3 is 10.0 Å². The van der Waals surface area contributed by atoms with E-state index >= 15 is 0 Å². The van der Waals surface area contributed by atoms with Gasteiger partial charge in [0.2, 0.25) is 0 Å². The number of carboxylic acid groups (broad SMARTS) is 1. The third-order valence-electron chi connectivity index (χ3n) is 5.34. The van der Waals surface area contributed by atoms with Gasteiger partial charge in [0, 0.05) is 30.3 Å². The Bertz CT molecular complexity index is 957. The highest BCUT2D eigenvalue weighted by Crippen LogP contribution is 2.28. The first-order valence-corrected chi connectivity index (χ1v) is 9.03. The normalized spacial score (nSPS) is 14.9. The Hall–Kier alpha value is -3.23. The number of aryl methyl sites for hydroxylation is 2. The molecule has 1 saturated heterocycles. The number of nitrogens with zero attached hydrogens (tertiary/aromatic N) is 4. The number of aromatic nitrogens is 2. The lowest BCUT2D eigenvalue weighted by molar-refractivity contribution is -0.385. The summed E-state index contributed by atoms with van der Waals surface area (Å²) in [6.45, 7) is 6.11. The third kappa shape index (κ3) is 3.47. The molecule has 2 aromatic rings. The molecule has 1 aromatic carbocycles. The van der Waals surface area contributed by atoms with Crippen LogP contribution in [-0.2, 0) is 0 Å². The van der Waals surface area contributed by atoms with Crippen LogP contribution in [0.1, 0.15) is 56.4 Å². The number of likely N-dealkylation sites (tertiary alicyclic amines) is 1. The van der Waals surface area contributed by atoms with Crippen LogP contribution in [0.25, 0.3) is 0 Å². The summed E-state index contributed by atoms with van der Waals surface area (Å²) in [4.78, 5) is 36.5. The van der Waals surface area contributed by atoms with Crippen molar-refractivity contribution in [3.63, 3.8) is 0 Å². The average Bonchev–Trinajstić information content (AvgIpc) is 3.03. The third-order valence-corrected chi connectivity index (χ3v) is 5.34. The van der Waals surface area contributed by atoms with Gasteiger partial charge in [0.15, 0.2) is 0 Å². The predicted octanol–water partition coefficient (Wildman–Crippen LogP) is 2.89. The summed E-state index contributed by atoms with van der Waals surface area (Å²) < 4.78 is 1.72. The molecule has 9 nitrogen and oxygen atoms in total. The summed E-state index contributed by atoms with van der Waals surface area (Å²) in [5.74, 6) is -1.23. The molecule has 0 bridgehead atoms. The van der Waals surface area contributed by atoms with Crippen LogP contribution in [0, 0.1) is 30.9 Å². The van der Waals surface area contributed by atoms with Gasteiger partial charge in [-0.2, -0.15) is 5.10 Å². The van der Waals surface area contributed by atoms with Crippen LogP contribution in [0.3, 0.4) is 0 Å². The Kier molecular flexibility index (Phi) is 5.17. The number of hydrogen-bond donors (Lipinski definition) is 1. The molecule has 1 fully saturated rings. The lowest BCUT2D eigenvalue weighted by atomic mass is 10.00. The number of piperidine rings is 1. The molecular weight excluding hydrogens is 364 g/mol. The van der Waals surface area contributed by atoms with Crippen molar-refractivity contribution in [3.05, 3.63) is 56.4 Å². The predicted molar refractivity (Wildman–Crippen MR) is 101 cm³/mol. The Balaban J connectivity index is 1.75. The van der Waals surface area contributed by atoms with Crippen LogP contribution in [0.5, 0.6) is 0 Å². The highest BCUT2D eigenvalue weighted by molar-refractivity contribution is 5.96. The van der Waals surface area contributed by atoms with Gasteiger partial charge in [-0.05, 0) is 45.2 Å². The minimum absolute atomic E-state index is 0.0191. The summed E-state index contributed by atoms with van der Waals surface area (Å²) in [5.41, 5.74) is 2.31. The van der Waals surface area contributed by atoms with Crippen molar-refractivity contribution in [2.45, 2.75) is 39.7 Å². The van der Waals surface area contributed by atoms with Crippen LogP contribution in [0.2, 0.25) is 0 Å². The van der Waals surface area contributed by atoms with Crippen LogP contribution in [0.15, 0.2) is 18.3 Å². The highest BCUT2D eigenvalue weighted by atomic mass is 16.6. The molecule has 0 radical (unpaired) electrons. The number of carboxylic acids is 1. The molecular formula is C19H22N4O5. The van der Waals surface area contributed by atoms with E-state index in [1.54, 1.807) is 36.4 Å². The number of rotatable bonds is 4. The Labute approximate surface area is 161 Å². The molecule has 0 atom stereocenters. The van der Waals surface area contributed by atoms with Gasteiger partial charge in [-0.3, -0.25) is 19.6 Å². The fourth-order valence-corrected chi connectivity index (χ4v) is 3.75. The fourth-order valence-electron chi connectivity index (χ4n) is 3.75. The average molecular weight is 386 g/mol. The Morgan fingerprint density at radius 3 is 2.32 bits per heavy atom. The van der Waals surface area contributed by atoms with Crippen LogP contribution in [-0.4, -0.2) is 49.7 Å². The summed E-state index contributed by atoms with van der Waals surface area (Å²) in [6.07, 6.45) is 2.63. The number of nitro benzene ring substituents is 1. The molecule has 28 heavy (non-hydrogen) atoms.